The van der Waals surface area contributed by atoms with E-state index in [2.05, 4.69) is 0 Å². The van der Waals surface area contributed by atoms with Crippen molar-refractivity contribution < 1.29 is 8.42 Å². The molecule has 0 radical (unpaired) electrons. The fourth-order valence-corrected chi connectivity index (χ4v) is 3.37. The molecule has 0 aromatic carbocycles. The highest BCUT2D eigenvalue weighted by molar-refractivity contribution is 7.89. The normalized spacial score (nSPS) is 12.6. The average Bonchev–Trinajstić information content (AvgIpc) is 2.73. The zero-order valence-electron chi connectivity index (χ0n) is 11.4. The van der Waals surface area contributed by atoms with E-state index >= 15 is 0 Å². The summed E-state index contributed by atoms with van der Waals surface area (Å²) in [6.07, 6.45) is 2.47. The summed E-state index contributed by atoms with van der Waals surface area (Å²) in [5, 5.41) is 0. The van der Waals surface area contributed by atoms with Crippen LogP contribution in [-0.4, -0.2) is 30.9 Å². The second-order valence-electron chi connectivity index (χ2n) is 4.63. The van der Waals surface area contributed by atoms with Crippen molar-refractivity contribution in [3.8, 4) is 0 Å². The van der Waals surface area contributed by atoms with Gasteiger partial charge in [-0.05, 0) is 26.3 Å². The second kappa shape index (κ2) is 6.08. The van der Waals surface area contributed by atoms with Crippen LogP contribution < -0.4 is 0 Å². The topological polar surface area (TPSA) is 42.3 Å². The lowest BCUT2D eigenvalue weighted by Gasteiger charge is -2.15. The van der Waals surface area contributed by atoms with Gasteiger partial charge < -0.3 is 4.57 Å². The predicted molar refractivity (Wildman–Crippen MR) is 74.5 cm³/mol. The van der Waals surface area contributed by atoms with Crippen LogP contribution in [-0.2, 0) is 15.9 Å². The lowest BCUT2D eigenvalue weighted by molar-refractivity contribution is 0.468. The molecule has 4 nitrogen and oxygen atoms in total. The standard InChI is InChI=1S/C12H21ClN2O2S/c1-5-6-14(4)18(16,17)12-7-11(8-13)15(9-12)10(2)3/h7,9-10H,5-6,8H2,1-4H3. The molecule has 0 aliphatic carbocycles. The third-order valence-electron chi connectivity index (χ3n) is 2.85. The largest absolute Gasteiger partial charge is 0.346 e. The highest BCUT2D eigenvalue weighted by atomic mass is 35.5. The molecule has 1 rings (SSSR count). The second-order valence-corrected chi connectivity index (χ2v) is 6.94. The molecule has 1 aromatic rings. The first-order valence-electron chi connectivity index (χ1n) is 6.07. The number of nitrogens with zero attached hydrogens (tertiary/aromatic N) is 2. The van der Waals surface area contributed by atoms with Crippen molar-refractivity contribution in [2.45, 2.75) is 44.0 Å². The summed E-state index contributed by atoms with van der Waals surface area (Å²) in [7, 11) is -1.79. The van der Waals surface area contributed by atoms with Crippen LogP contribution in [0.25, 0.3) is 0 Å². The molecule has 0 aliphatic heterocycles. The minimum absolute atomic E-state index is 0.194. The van der Waals surface area contributed by atoms with Gasteiger partial charge in [0.2, 0.25) is 10.0 Å². The number of sulfonamides is 1. The summed E-state index contributed by atoms with van der Waals surface area (Å²) >= 11 is 5.85. The van der Waals surface area contributed by atoms with E-state index in [1.807, 2.05) is 25.3 Å². The van der Waals surface area contributed by atoms with Crippen molar-refractivity contribution in [3.63, 3.8) is 0 Å². The fourth-order valence-electron chi connectivity index (χ4n) is 1.84. The summed E-state index contributed by atoms with van der Waals surface area (Å²) in [6.45, 7) is 6.48. The first-order chi connectivity index (χ1) is 8.34. The third-order valence-corrected chi connectivity index (χ3v) is 4.94. The lowest BCUT2D eigenvalue weighted by Crippen LogP contribution is -2.27. The SMILES string of the molecule is CCCN(C)S(=O)(=O)c1cc(CCl)n(C(C)C)c1. The van der Waals surface area contributed by atoms with Crippen molar-refractivity contribution in [3.05, 3.63) is 18.0 Å². The summed E-state index contributed by atoms with van der Waals surface area (Å²) in [5.41, 5.74) is 0.829. The number of aromatic nitrogens is 1. The number of rotatable bonds is 6. The Morgan fingerprint density at radius 2 is 2.06 bits per heavy atom. The molecule has 0 bridgehead atoms. The van der Waals surface area contributed by atoms with E-state index in [4.69, 9.17) is 11.6 Å². The highest BCUT2D eigenvalue weighted by Gasteiger charge is 2.23. The molecular formula is C12H21ClN2O2S. The minimum Gasteiger partial charge on any atom is -0.346 e. The molecule has 0 atom stereocenters. The number of hydrogen-bond donors (Lipinski definition) is 0. The van der Waals surface area contributed by atoms with Gasteiger partial charge in [-0.2, -0.15) is 0 Å². The molecule has 0 N–H and O–H groups in total. The van der Waals surface area contributed by atoms with E-state index in [0.717, 1.165) is 12.1 Å². The van der Waals surface area contributed by atoms with Gasteiger partial charge in [0.25, 0.3) is 0 Å². The Labute approximate surface area is 115 Å². The lowest BCUT2D eigenvalue weighted by atomic mass is 10.4. The summed E-state index contributed by atoms with van der Waals surface area (Å²) in [5.74, 6) is 0.311. The smallest absolute Gasteiger partial charge is 0.244 e. The molecule has 104 valence electrons. The van der Waals surface area contributed by atoms with E-state index < -0.39 is 10.0 Å². The van der Waals surface area contributed by atoms with Gasteiger partial charge in [0, 0.05) is 31.5 Å². The number of alkyl halides is 1. The summed E-state index contributed by atoms with van der Waals surface area (Å²) in [6, 6.07) is 1.85. The molecule has 0 saturated heterocycles. The monoisotopic (exact) mass is 292 g/mol. The summed E-state index contributed by atoms with van der Waals surface area (Å²) in [4.78, 5) is 0.322. The van der Waals surface area contributed by atoms with Crippen LogP contribution in [0, 0.1) is 0 Å². The van der Waals surface area contributed by atoms with Gasteiger partial charge in [-0.3, -0.25) is 0 Å². The quantitative estimate of drug-likeness (QED) is 0.757. The van der Waals surface area contributed by atoms with E-state index in [0.29, 0.717) is 17.3 Å². The molecule has 0 aliphatic rings. The average molecular weight is 293 g/mol. The molecular weight excluding hydrogens is 272 g/mol. The molecule has 1 aromatic heterocycles. The molecule has 18 heavy (non-hydrogen) atoms. The van der Waals surface area contributed by atoms with Crippen molar-refractivity contribution in [2.75, 3.05) is 13.6 Å². The minimum atomic E-state index is -3.39. The molecule has 0 amide bonds. The molecule has 1 heterocycles. The van der Waals surface area contributed by atoms with Crippen molar-refractivity contribution in [2.24, 2.45) is 0 Å². The maximum atomic E-state index is 12.3. The zero-order chi connectivity index (χ0) is 13.9. The Hall–Kier alpha value is -0.520. The van der Waals surface area contributed by atoms with Crippen LogP contribution in [0.2, 0.25) is 0 Å². The van der Waals surface area contributed by atoms with Gasteiger partial charge in [0.1, 0.15) is 4.90 Å². The van der Waals surface area contributed by atoms with Crippen LogP contribution in [0.15, 0.2) is 17.2 Å². The van der Waals surface area contributed by atoms with Gasteiger partial charge in [0.05, 0.1) is 5.88 Å². The van der Waals surface area contributed by atoms with Gasteiger partial charge in [0.15, 0.2) is 0 Å². The number of hydrogen-bond acceptors (Lipinski definition) is 2. The zero-order valence-corrected chi connectivity index (χ0v) is 12.9. The number of halogens is 1. The van der Waals surface area contributed by atoms with Crippen LogP contribution in [0.3, 0.4) is 0 Å². The van der Waals surface area contributed by atoms with Crippen LogP contribution in [0.5, 0.6) is 0 Å². The van der Waals surface area contributed by atoms with Crippen LogP contribution >= 0.6 is 11.6 Å². The Bertz CT molecular complexity index is 494. The van der Waals surface area contributed by atoms with E-state index in [1.165, 1.54) is 4.31 Å². The van der Waals surface area contributed by atoms with Crippen molar-refractivity contribution in [1.82, 2.24) is 8.87 Å². The highest BCUT2D eigenvalue weighted by Crippen LogP contribution is 2.22. The Morgan fingerprint density at radius 1 is 1.44 bits per heavy atom. The van der Waals surface area contributed by atoms with E-state index in [-0.39, 0.29) is 6.04 Å². The molecule has 0 unspecified atom stereocenters. The van der Waals surface area contributed by atoms with Gasteiger partial charge in [-0.1, -0.05) is 6.92 Å². The Balaban J connectivity index is 3.18. The Morgan fingerprint density at radius 3 is 2.44 bits per heavy atom. The van der Waals surface area contributed by atoms with Crippen LogP contribution in [0.1, 0.15) is 38.9 Å². The van der Waals surface area contributed by atoms with Gasteiger partial charge >= 0.3 is 0 Å². The molecule has 0 saturated carbocycles. The van der Waals surface area contributed by atoms with Gasteiger partial charge in [-0.15, -0.1) is 11.6 Å². The van der Waals surface area contributed by atoms with Crippen molar-refractivity contribution in [1.29, 1.82) is 0 Å². The molecule has 0 spiro atoms. The van der Waals surface area contributed by atoms with E-state index in [1.54, 1.807) is 19.3 Å². The first kappa shape index (κ1) is 15.5. The molecule has 6 heteroatoms. The first-order valence-corrected chi connectivity index (χ1v) is 8.05. The third kappa shape index (κ3) is 3.08. The maximum absolute atomic E-state index is 12.3. The van der Waals surface area contributed by atoms with E-state index in [9.17, 15) is 8.42 Å². The predicted octanol–water partition coefficient (Wildman–Crippen LogP) is 2.84. The Kier molecular flexibility index (Phi) is 5.25. The maximum Gasteiger partial charge on any atom is 0.244 e. The summed E-state index contributed by atoms with van der Waals surface area (Å²) < 4.78 is 27.9. The fraction of sp³-hybridized carbons (Fsp3) is 0.667. The van der Waals surface area contributed by atoms with Crippen LogP contribution in [0.4, 0.5) is 0 Å². The molecule has 0 fully saturated rings. The van der Waals surface area contributed by atoms with Crippen molar-refractivity contribution >= 4 is 21.6 Å². The van der Waals surface area contributed by atoms with Gasteiger partial charge in [-0.25, -0.2) is 12.7 Å².